The van der Waals surface area contributed by atoms with Gasteiger partial charge >= 0.3 is 0 Å². The van der Waals surface area contributed by atoms with Crippen LogP contribution < -0.4 is 15.4 Å². The van der Waals surface area contributed by atoms with Crippen LogP contribution in [0.2, 0.25) is 0 Å². The zero-order valence-corrected chi connectivity index (χ0v) is 14.4. The van der Waals surface area contributed by atoms with Crippen LogP contribution in [0.4, 0.5) is 4.39 Å². The third kappa shape index (κ3) is 6.42. The lowest BCUT2D eigenvalue weighted by Gasteiger charge is -2.16. The van der Waals surface area contributed by atoms with Crippen LogP contribution in [0.1, 0.15) is 12.6 Å². The van der Waals surface area contributed by atoms with Crippen molar-refractivity contribution < 1.29 is 14.2 Å². The number of nitrogens with one attached hydrogen (secondary N) is 2. The maximum Gasteiger partial charge on any atom is 0.191 e. The number of aliphatic hydroxyl groups excluding tert-OH is 1. The third-order valence-electron chi connectivity index (χ3n) is 3.43. The molecule has 0 spiro atoms. The second-order valence-electron chi connectivity index (χ2n) is 5.44. The van der Waals surface area contributed by atoms with Crippen molar-refractivity contribution in [2.75, 3.05) is 19.7 Å². The summed E-state index contributed by atoms with van der Waals surface area (Å²) in [6.07, 6.45) is 0.993. The maximum absolute atomic E-state index is 12.8. The first-order valence-corrected chi connectivity index (χ1v) is 8.14. The Morgan fingerprint density at radius 2 is 2.08 bits per heavy atom. The van der Waals surface area contributed by atoms with Crippen LogP contribution in [0.25, 0.3) is 0 Å². The van der Waals surface area contributed by atoms with Crippen LogP contribution in [0.5, 0.6) is 5.75 Å². The fourth-order valence-corrected chi connectivity index (χ4v) is 2.05. The average Bonchev–Trinajstić information content (AvgIpc) is 3.02. The smallest absolute Gasteiger partial charge is 0.191 e. The molecule has 1 unspecified atom stereocenters. The molecule has 0 bridgehead atoms. The Hall–Kier alpha value is -2.61. The number of benzene rings is 1. The summed E-state index contributed by atoms with van der Waals surface area (Å²) in [6, 6.07) is 7.57. The highest BCUT2D eigenvalue weighted by Crippen LogP contribution is 2.11. The predicted octanol–water partition coefficient (Wildman–Crippen LogP) is 1.05. The number of rotatable bonds is 8. The molecule has 1 heterocycles. The number of guanidine groups is 1. The van der Waals surface area contributed by atoms with Gasteiger partial charge in [-0.25, -0.2) is 9.38 Å². The number of aliphatic hydroxyl groups is 1. The van der Waals surface area contributed by atoms with Crippen molar-refractivity contribution >= 4 is 5.96 Å². The highest BCUT2D eigenvalue weighted by Gasteiger charge is 2.07. The fourth-order valence-electron chi connectivity index (χ4n) is 2.05. The largest absolute Gasteiger partial charge is 0.491 e. The standard InChI is InChI=1S/C17H24FN5O2/c1-3-19-17(20-10-14-8-9-22-23(14)2)21-11-15(24)12-25-16-6-4-13(18)5-7-16/h4-9,15,24H,3,10-12H2,1-2H3,(H2,19,20,21). The molecule has 0 saturated carbocycles. The Bertz CT molecular complexity index is 672. The van der Waals surface area contributed by atoms with Crippen LogP contribution in [0, 0.1) is 5.82 Å². The summed E-state index contributed by atoms with van der Waals surface area (Å²) in [5.74, 6) is 0.788. The lowest BCUT2D eigenvalue weighted by atomic mass is 10.3. The average molecular weight is 349 g/mol. The molecule has 0 fully saturated rings. The van der Waals surface area contributed by atoms with Crippen molar-refractivity contribution in [1.29, 1.82) is 0 Å². The molecule has 2 rings (SSSR count). The summed E-state index contributed by atoms with van der Waals surface area (Å²) in [6.45, 7) is 3.53. The summed E-state index contributed by atoms with van der Waals surface area (Å²) >= 11 is 0. The van der Waals surface area contributed by atoms with Gasteiger partial charge in [0.1, 0.15) is 24.3 Å². The quantitative estimate of drug-likeness (QED) is 0.490. The number of nitrogens with zero attached hydrogens (tertiary/aromatic N) is 3. The highest BCUT2D eigenvalue weighted by atomic mass is 19.1. The van der Waals surface area contributed by atoms with E-state index in [9.17, 15) is 9.50 Å². The molecule has 0 aliphatic carbocycles. The zero-order chi connectivity index (χ0) is 18.1. The number of ether oxygens (including phenoxy) is 1. The number of halogens is 1. The van der Waals surface area contributed by atoms with Gasteiger partial charge in [0.05, 0.1) is 12.2 Å². The molecule has 2 aromatic rings. The molecular weight excluding hydrogens is 325 g/mol. The molecule has 1 aromatic heterocycles. The second-order valence-corrected chi connectivity index (χ2v) is 5.44. The Kier molecular flexibility index (Phi) is 7.21. The van der Waals surface area contributed by atoms with E-state index in [1.165, 1.54) is 24.3 Å². The topological polar surface area (TPSA) is 83.7 Å². The van der Waals surface area contributed by atoms with E-state index in [0.29, 0.717) is 24.8 Å². The van der Waals surface area contributed by atoms with Gasteiger partial charge in [0.2, 0.25) is 0 Å². The maximum atomic E-state index is 12.8. The Labute approximate surface area is 146 Å². The first-order valence-electron chi connectivity index (χ1n) is 8.14. The number of aryl methyl sites for hydroxylation is 1. The van der Waals surface area contributed by atoms with Crippen molar-refractivity contribution in [3.63, 3.8) is 0 Å². The predicted molar refractivity (Wildman–Crippen MR) is 93.9 cm³/mol. The molecule has 0 saturated heterocycles. The summed E-state index contributed by atoms with van der Waals surface area (Å²) < 4.78 is 20.0. The van der Waals surface area contributed by atoms with Crippen molar-refractivity contribution in [2.45, 2.75) is 19.6 Å². The van der Waals surface area contributed by atoms with Gasteiger partial charge in [0, 0.05) is 26.3 Å². The normalized spacial score (nSPS) is 12.7. The van der Waals surface area contributed by atoms with E-state index in [-0.39, 0.29) is 19.0 Å². The van der Waals surface area contributed by atoms with Gasteiger partial charge in [-0.05, 0) is 37.3 Å². The number of hydrogen-bond acceptors (Lipinski definition) is 4. The minimum atomic E-state index is -0.731. The van der Waals surface area contributed by atoms with E-state index in [2.05, 4.69) is 20.7 Å². The summed E-state index contributed by atoms with van der Waals surface area (Å²) in [7, 11) is 1.86. The molecule has 8 heteroatoms. The monoisotopic (exact) mass is 349 g/mol. The molecular formula is C17H24FN5O2. The van der Waals surface area contributed by atoms with Crippen LogP contribution >= 0.6 is 0 Å². The van der Waals surface area contributed by atoms with E-state index >= 15 is 0 Å². The zero-order valence-electron chi connectivity index (χ0n) is 14.4. The molecule has 0 aliphatic rings. The van der Waals surface area contributed by atoms with Crippen LogP contribution in [0.15, 0.2) is 41.5 Å². The van der Waals surface area contributed by atoms with Crippen molar-refractivity contribution in [3.05, 3.63) is 48.0 Å². The molecule has 136 valence electrons. The van der Waals surface area contributed by atoms with Gasteiger partial charge < -0.3 is 20.5 Å². The molecule has 0 aliphatic heterocycles. The first-order chi connectivity index (χ1) is 12.1. The van der Waals surface area contributed by atoms with Gasteiger partial charge in [0.15, 0.2) is 5.96 Å². The lowest BCUT2D eigenvalue weighted by Crippen LogP contribution is -2.42. The minimum Gasteiger partial charge on any atom is -0.491 e. The highest BCUT2D eigenvalue weighted by molar-refractivity contribution is 5.79. The Morgan fingerprint density at radius 3 is 2.72 bits per heavy atom. The number of aromatic nitrogens is 2. The van der Waals surface area contributed by atoms with E-state index in [4.69, 9.17) is 4.74 Å². The Balaban J connectivity index is 1.78. The van der Waals surface area contributed by atoms with Crippen LogP contribution in [-0.4, -0.2) is 46.6 Å². The van der Waals surface area contributed by atoms with Crippen LogP contribution in [0.3, 0.4) is 0 Å². The molecule has 0 radical (unpaired) electrons. The SMILES string of the molecule is CCNC(=NCc1ccnn1C)NCC(O)COc1ccc(F)cc1. The summed E-state index contributed by atoms with van der Waals surface area (Å²) in [4.78, 5) is 4.46. The molecule has 25 heavy (non-hydrogen) atoms. The Morgan fingerprint density at radius 1 is 1.32 bits per heavy atom. The molecule has 3 N–H and O–H groups in total. The first kappa shape index (κ1) is 18.7. The third-order valence-corrected chi connectivity index (χ3v) is 3.43. The summed E-state index contributed by atoms with van der Waals surface area (Å²) in [5.41, 5.74) is 0.984. The molecule has 7 nitrogen and oxygen atoms in total. The number of aliphatic imine (C=N–C) groups is 1. The second kappa shape index (κ2) is 9.63. The van der Waals surface area contributed by atoms with Crippen LogP contribution in [-0.2, 0) is 13.6 Å². The van der Waals surface area contributed by atoms with Gasteiger partial charge in [-0.3, -0.25) is 4.68 Å². The van der Waals surface area contributed by atoms with Crippen molar-refractivity contribution in [2.24, 2.45) is 12.0 Å². The molecule has 1 aromatic carbocycles. The van der Waals surface area contributed by atoms with E-state index in [0.717, 1.165) is 5.69 Å². The fraction of sp³-hybridized carbons (Fsp3) is 0.412. The van der Waals surface area contributed by atoms with Gasteiger partial charge in [0.25, 0.3) is 0 Å². The van der Waals surface area contributed by atoms with E-state index in [1.807, 2.05) is 20.0 Å². The summed E-state index contributed by atoms with van der Waals surface area (Å²) in [5, 5.41) is 20.3. The van der Waals surface area contributed by atoms with Crippen molar-refractivity contribution in [3.8, 4) is 5.75 Å². The number of hydrogen-bond donors (Lipinski definition) is 3. The van der Waals surface area contributed by atoms with E-state index in [1.54, 1.807) is 10.9 Å². The van der Waals surface area contributed by atoms with Gasteiger partial charge in [-0.2, -0.15) is 5.10 Å². The minimum absolute atomic E-state index is 0.0970. The molecule has 0 amide bonds. The van der Waals surface area contributed by atoms with Crippen molar-refractivity contribution in [1.82, 2.24) is 20.4 Å². The van der Waals surface area contributed by atoms with Gasteiger partial charge in [-0.15, -0.1) is 0 Å². The molecule has 1 atom stereocenters. The van der Waals surface area contributed by atoms with Gasteiger partial charge in [-0.1, -0.05) is 0 Å². The lowest BCUT2D eigenvalue weighted by molar-refractivity contribution is 0.110. The van der Waals surface area contributed by atoms with E-state index < -0.39 is 6.10 Å².